The van der Waals surface area contributed by atoms with Crippen LogP contribution in [0, 0.1) is 0 Å². The lowest BCUT2D eigenvalue weighted by Gasteiger charge is -2.31. The summed E-state index contributed by atoms with van der Waals surface area (Å²) in [5, 5.41) is 7.49. The molecule has 0 aliphatic carbocycles. The molecule has 1 atom stereocenters. The molecule has 30 heavy (non-hydrogen) atoms. The van der Waals surface area contributed by atoms with Crippen LogP contribution >= 0.6 is 0 Å². The van der Waals surface area contributed by atoms with Crippen molar-refractivity contribution in [3.8, 4) is 5.75 Å². The average molecular weight is 404 g/mol. The van der Waals surface area contributed by atoms with E-state index in [2.05, 4.69) is 10.4 Å². The lowest BCUT2D eigenvalue weighted by Crippen LogP contribution is -2.43. The molecule has 1 aliphatic heterocycles. The number of aromatic nitrogens is 2. The number of ether oxygens (including phenoxy) is 1. The quantitative estimate of drug-likeness (QED) is 0.709. The van der Waals surface area contributed by atoms with Crippen LogP contribution in [-0.4, -0.2) is 40.1 Å². The molecule has 1 N–H and O–H groups in total. The first-order valence-corrected chi connectivity index (χ1v) is 9.82. The number of hydrogen-bond donors (Lipinski definition) is 1. The van der Waals surface area contributed by atoms with Gasteiger partial charge in [0.2, 0.25) is 5.91 Å². The number of methoxy groups -OCH3 is 1. The zero-order valence-electron chi connectivity index (χ0n) is 17.0. The molecule has 0 unspecified atom stereocenters. The second kappa shape index (κ2) is 8.41. The van der Waals surface area contributed by atoms with Gasteiger partial charge >= 0.3 is 0 Å². The molecule has 1 aromatic heterocycles. The molecule has 2 amide bonds. The number of nitrogens with one attached hydrogen (secondary N) is 1. The molecular formula is C23H24N4O3. The highest BCUT2D eigenvalue weighted by Crippen LogP contribution is 2.28. The second-order valence-electron chi connectivity index (χ2n) is 7.38. The summed E-state index contributed by atoms with van der Waals surface area (Å²) in [5.74, 6) is 0.0285. The third-order valence-electron chi connectivity index (χ3n) is 5.28. The molecule has 7 heteroatoms. The van der Waals surface area contributed by atoms with Crippen molar-refractivity contribution in [1.82, 2.24) is 20.0 Å². The molecule has 154 valence electrons. The monoisotopic (exact) mass is 404 g/mol. The number of rotatable bonds is 5. The summed E-state index contributed by atoms with van der Waals surface area (Å²) in [7, 11) is 3.45. The molecule has 0 bridgehead atoms. The molecule has 7 nitrogen and oxygen atoms in total. The number of hydrogen-bond acceptors (Lipinski definition) is 4. The van der Waals surface area contributed by atoms with E-state index in [9.17, 15) is 9.59 Å². The predicted octanol–water partition coefficient (Wildman–Crippen LogP) is 2.48. The van der Waals surface area contributed by atoms with Crippen molar-refractivity contribution >= 4 is 11.8 Å². The minimum absolute atomic E-state index is 0.0851. The summed E-state index contributed by atoms with van der Waals surface area (Å²) in [6, 6.07) is 16.7. The van der Waals surface area contributed by atoms with Gasteiger partial charge in [0.25, 0.3) is 5.91 Å². The van der Waals surface area contributed by atoms with Crippen molar-refractivity contribution in [1.29, 1.82) is 0 Å². The van der Waals surface area contributed by atoms with Gasteiger partial charge in [0.1, 0.15) is 5.75 Å². The largest absolute Gasteiger partial charge is 0.497 e. The van der Waals surface area contributed by atoms with E-state index in [1.54, 1.807) is 28.8 Å². The third-order valence-corrected chi connectivity index (χ3v) is 5.28. The van der Waals surface area contributed by atoms with Crippen LogP contribution in [-0.2, 0) is 24.9 Å². The van der Waals surface area contributed by atoms with Crippen molar-refractivity contribution in [2.75, 3.05) is 13.7 Å². The van der Waals surface area contributed by atoms with Gasteiger partial charge in [0.05, 0.1) is 18.7 Å². The summed E-state index contributed by atoms with van der Waals surface area (Å²) < 4.78 is 6.87. The van der Waals surface area contributed by atoms with Gasteiger partial charge in [0.15, 0.2) is 0 Å². The maximum absolute atomic E-state index is 13.0. The fraction of sp³-hybridized carbons (Fsp3) is 0.261. The van der Waals surface area contributed by atoms with Crippen molar-refractivity contribution in [2.24, 2.45) is 7.05 Å². The Labute approximate surface area is 175 Å². The Bertz CT molecular complexity index is 1040. The van der Waals surface area contributed by atoms with Gasteiger partial charge in [-0.05, 0) is 29.8 Å². The summed E-state index contributed by atoms with van der Waals surface area (Å²) >= 11 is 0. The molecule has 0 saturated carbocycles. The topological polar surface area (TPSA) is 76.5 Å². The highest BCUT2D eigenvalue weighted by molar-refractivity contribution is 5.95. The Kier molecular flexibility index (Phi) is 5.52. The molecule has 0 spiro atoms. The van der Waals surface area contributed by atoms with Crippen LogP contribution in [0.4, 0.5) is 0 Å². The smallest absolute Gasteiger partial charge is 0.254 e. The number of nitrogens with zero attached hydrogens (tertiary/aromatic N) is 3. The Balaban J connectivity index is 1.51. The number of aryl methyl sites for hydroxylation is 1. The van der Waals surface area contributed by atoms with Crippen LogP contribution in [0.25, 0.3) is 0 Å². The van der Waals surface area contributed by atoms with Crippen molar-refractivity contribution in [3.63, 3.8) is 0 Å². The second-order valence-corrected chi connectivity index (χ2v) is 7.38. The first-order chi connectivity index (χ1) is 14.5. The highest BCUT2D eigenvalue weighted by Gasteiger charge is 2.35. The molecule has 3 aromatic rings. The Hall–Kier alpha value is -3.61. The van der Waals surface area contributed by atoms with Crippen molar-refractivity contribution in [2.45, 2.75) is 19.0 Å². The summed E-state index contributed by atoms with van der Waals surface area (Å²) in [6.07, 6.45) is 1.88. The normalized spacial score (nSPS) is 15.4. The van der Waals surface area contributed by atoms with Gasteiger partial charge in [-0.15, -0.1) is 0 Å². The number of benzene rings is 2. The van der Waals surface area contributed by atoms with E-state index < -0.39 is 5.92 Å². The van der Waals surface area contributed by atoms with E-state index in [4.69, 9.17) is 4.74 Å². The van der Waals surface area contributed by atoms with Crippen LogP contribution < -0.4 is 10.1 Å². The first kappa shape index (κ1) is 19.7. The first-order valence-electron chi connectivity index (χ1n) is 9.82. The van der Waals surface area contributed by atoms with Gasteiger partial charge in [-0.2, -0.15) is 5.10 Å². The molecule has 1 aliphatic rings. The minimum Gasteiger partial charge on any atom is -0.497 e. The SMILES string of the molecule is COc1ccc(CNC(=O)[C@H]2CN(C(=O)c3ccccc3)Cc3cn(C)nc32)cc1. The van der Waals surface area contributed by atoms with Gasteiger partial charge in [-0.1, -0.05) is 30.3 Å². The van der Waals surface area contributed by atoms with E-state index in [-0.39, 0.29) is 11.8 Å². The van der Waals surface area contributed by atoms with E-state index in [1.807, 2.05) is 55.7 Å². The minimum atomic E-state index is -0.513. The standard InChI is InChI=1S/C23H24N4O3/c1-26-13-18-14-27(23(29)17-6-4-3-5-7-17)15-20(21(18)25-26)22(28)24-12-16-8-10-19(30-2)11-9-16/h3-11,13,20H,12,14-15H2,1-2H3,(H,24,28)/t20-/m0/s1. The van der Waals surface area contributed by atoms with Crippen molar-refractivity contribution in [3.05, 3.63) is 83.2 Å². The molecular weight excluding hydrogens is 380 g/mol. The summed E-state index contributed by atoms with van der Waals surface area (Å²) in [6.45, 7) is 1.14. The number of carbonyl (C=O) groups is 2. The van der Waals surface area contributed by atoms with Crippen LogP contribution in [0.2, 0.25) is 0 Å². The number of carbonyl (C=O) groups excluding carboxylic acids is 2. The Morgan fingerprint density at radius 1 is 1.13 bits per heavy atom. The van der Waals surface area contributed by atoms with Gasteiger partial charge in [-0.3, -0.25) is 14.3 Å². The number of amides is 2. The predicted molar refractivity (Wildman–Crippen MR) is 112 cm³/mol. The van der Waals surface area contributed by atoms with Crippen LogP contribution in [0.15, 0.2) is 60.8 Å². The molecule has 2 heterocycles. The fourth-order valence-electron chi connectivity index (χ4n) is 3.73. The molecule has 0 radical (unpaired) electrons. The van der Waals surface area contributed by atoms with E-state index >= 15 is 0 Å². The number of fused-ring (bicyclic) bond motifs is 1. The lowest BCUT2D eigenvalue weighted by atomic mass is 9.95. The maximum atomic E-state index is 13.0. The van der Waals surface area contributed by atoms with Crippen LogP contribution in [0.5, 0.6) is 5.75 Å². The van der Waals surface area contributed by atoms with Gasteiger partial charge < -0.3 is 15.0 Å². The van der Waals surface area contributed by atoms with E-state index in [1.165, 1.54) is 0 Å². The third kappa shape index (κ3) is 4.05. The van der Waals surface area contributed by atoms with Crippen molar-refractivity contribution < 1.29 is 14.3 Å². The lowest BCUT2D eigenvalue weighted by molar-refractivity contribution is -0.123. The Morgan fingerprint density at radius 3 is 2.57 bits per heavy atom. The van der Waals surface area contributed by atoms with Gasteiger partial charge in [-0.25, -0.2) is 0 Å². The van der Waals surface area contributed by atoms with E-state index in [0.717, 1.165) is 22.6 Å². The molecule has 0 fully saturated rings. The van der Waals surface area contributed by atoms with E-state index in [0.29, 0.717) is 25.2 Å². The Morgan fingerprint density at radius 2 is 1.87 bits per heavy atom. The highest BCUT2D eigenvalue weighted by atomic mass is 16.5. The van der Waals surface area contributed by atoms with Gasteiger partial charge in [0, 0.05) is 44.0 Å². The maximum Gasteiger partial charge on any atom is 0.254 e. The zero-order chi connectivity index (χ0) is 21.1. The fourth-order valence-corrected chi connectivity index (χ4v) is 3.73. The average Bonchev–Trinajstić information content (AvgIpc) is 3.17. The summed E-state index contributed by atoms with van der Waals surface area (Å²) in [5.41, 5.74) is 3.22. The summed E-state index contributed by atoms with van der Waals surface area (Å²) in [4.78, 5) is 27.7. The molecule has 4 rings (SSSR count). The zero-order valence-corrected chi connectivity index (χ0v) is 17.0. The van der Waals surface area contributed by atoms with Crippen LogP contribution in [0.1, 0.15) is 33.1 Å². The molecule has 0 saturated heterocycles. The molecule has 2 aromatic carbocycles. The van der Waals surface area contributed by atoms with Crippen LogP contribution in [0.3, 0.4) is 0 Å².